The van der Waals surface area contributed by atoms with E-state index in [9.17, 15) is 4.79 Å². The van der Waals surface area contributed by atoms with E-state index in [0.717, 1.165) is 0 Å². The number of hydrogen-bond acceptors (Lipinski definition) is 9. The van der Waals surface area contributed by atoms with Crippen LogP contribution in [-0.2, 0) is 0 Å². The molecule has 0 saturated heterocycles. The van der Waals surface area contributed by atoms with Crippen molar-refractivity contribution < 1.29 is 37.6 Å². The van der Waals surface area contributed by atoms with Crippen LogP contribution in [0.3, 0.4) is 0 Å². The highest BCUT2D eigenvalue weighted by molar-refractivity contribution is 5.92. The van der Waals surface area contributed by atoms with E-state index in [4.69, 9.17) is 37.6 Å². The maximum absolute atomic E-state index is 13.4. The van der Waals surface area contributed by atoms with Gasteiger partial charge in [0.15, 0.2) is 28.8 Å². The van der Waals surface area contributed by atoms with Gasteiger partial charge in [-0.15, -0.1) is 0 Å². The van der Waals surface area contributed by atoms with Crippen molar-refractivity contribution in [3.63, 3.8) is 0 Å². The molecule has 31 heavy (non-hydrogen) atoms. The molecule has 0 aliphatic carbocycles. The minimum atomic E-state index is -0.451. The molecular formula is C22H24O9. The van der Waals surface area contributed by atoms with Crippen LogP contribution >= 0.6 is 0 Å². The Morgan fingerprint density at radius 2 is 1.13 bits per heavy atom. The SMILES string of the molecule is COc1cc(OC)c(-c2oc3cc(OC)c(OC)c(OC)c3c(=O)c2OC)cc1OC. The fourth-order valence-corrected chi connectivity index (χ4v) is 3.37. The van der Waals surface area contributed by atoms with Gasteiger partial charge in [0.1, 0.15) is 16.7 Å². The highest BCUT2D eigenvalue weighted by atomic mass is 16.5. The van der Waals surface area contributed by atoms with Crippen LogP contribution in [0.25, 0.3) is 22.3 Å². The first-order chi connectivity index (χ1) is 15.0. The average molecular weight is 432 g/mol. The number of fused-ring (bicyclic) bond motifs is 1. The summed E-state index contributed by atoms with van der Waals surface area (Å²) in [5.74, 6) is 2.16. The first kappa shape index (κ1) is 21.9. The molecule has 2 aromatic carbocycles. The second-order valence-electron chi connectivity index (χ2n) is 6.22. The molecule has 0 spiro atoms. The van der Waals surface area contributed by atoms with E-state index in [-0.39, 0.29) is 34.0 Å². The number of hydrogen-bond donors (Lipinski definition) is 0. The fraction of sp³-hybridized carbons (Fsp3) is 0.318. The normalized spacial score (nSPS) is 10.5. The minimum absolute atomic E-state index is 0.0384. The maximum Gasteiger partial charge on any atom is 0.239 e. The van der Waals surface area contributed by atoms with Crippen LogP contribution < -0.4 is 38.6 Å². The van der Waals surface area contributed by atoms with Gasteiger partial charge in [-0.05, 0) is 6.07 Å². The van der Waals surface area contributed by atoms with E-state index in [2.05, 4.69) is 0 Å². The first-order valence-corrected chi connectivity index (χ1v) is 9.13. The monoisotopic (exact) mass is 432 g/mol. The summed E-state index contributed by atoms with van der Waals surface area (Å²) in [6.45, 7) is 0. The third-order valence-corrected chi connectivity index (χ3v) is 4.80. The highest BCUT2D eigenvalue weighted by Gasteiger charge is 2.27. The zero-order valence-corrected chi connectivity index (χ0v) is 18.4. The Labute approximate surface area is 178 Å². The Bertz CT molecular complexity index is 1160. The second kappa shape index (κ2) is 8.95. The number of ether oxygens (including phenoxy) is 7. The van der Waals surface area contributed by atoms with Gasteiger partial charge in [0.2, 0.25) is 16.9 Å². The topological polar surface area (TPSA) is 94.8 Å². The third kappa shape index (κ3) is 3.52. The number of rotatable bonds is 8. The van der Waals surface area contributed by atoms with Gasteiger partial charge in [-0.3, -0.25) is 4.79 Å². The lowest BCUT2D eigenvalue weighted by Gasteiger charge is -2.17. The molecule has 0 bridgehead atoms. The zero-order valence-electron chi connectivity index (χ0n) is 18.4. The molecule has 0 fully saturated rings. The minimum Gasteiger partial charge on any atom is -0.496 e. The van der Waals surface area contributed by atoms with Gasteiger partial charge in [0.25, 0.3) is 0 Å². The summed E-state index contributed by atoms with van der Waals surface area (Å²) < 4.78 is 44.0. The van der Waals surface area contributed by atoms with E-state index in [1.807, 2.05) is 0 Å². The molecule has 0 aliphatic rings. The summed E-state index contributed by atoms with van der Waals surface area (Å²) >= 11 is 0. The quantitative estimate of drug-likeness (QED) is 0.530. The molecule has 9 heteroatoms. The van der Waals surface area contributed by atoms with Gasteiger partial charge >= 0.3 is 0 Å². The van der Waals surface area contributed by atoms with Crippen molar-refractivity contribution in [3.05, 3.63) is 28.4 Å². The summed E-state index contributed by atoms with van der Waals surface area (Å²) in [6, 6.07) is 4.82. The largest absolute Gasteiger partial charge is 0.496 e. The Morgan fingerprint density at radius 1 is 0.581 bits per heavy atom. The molecule has 1 aromatic heterocycles. The molecule has 9 nitrogen and oxygen atoms in total. The summed E-state index contributed by atoms with van der Waals surface area (Å²) in [5, 5.41) is 0.153. The number of methoxy groups -OCH3 is 7. The smallest absolute Gasteiger partial charge is 0.239 e. The van der Waals surface area contributed by atoms with Crippen LogP contribution in [0, 0.1) is 0 Å². The molecule has 0 aliphatic heterocycles. The summed E-state index contributed by atoms with van der Waals surface area (Å²) in [6.07, 6.45) is 0. The fourth-order valence-electron chi connectivity index (χ4n) is 3.37. The van der Waals surface area contributed by atoms with Gasteiger partial charge in [-0.25, -0.2) is 0 Å². The van der Waals surface area contributed by atoms with Crippen molar-refractivity contribution >= 4 is 11.0 Å². The van der Waals surface area contributed by atoms with Gasteiger partial charge < -0.3 is 37.6 Å². The van der Waals surface area contributed by atoms with Crippen molar-refractivity contribution in [1.29, 1.82) is 0 Å². The molecule has 0 amide bonds. The van der Waals surface area contributed by atoms with Crippen molar-refractivity contribution in [2.24, 2.45) is 0 Å². The van der Waals surface area contributed by atoms with Crippen LogP contribution in [0.4, 0.5) is 0 Å². The Balaban J connectivity index is 2.47. The molecule has 0 atom stereocenters. The van der Waals surface area contributed by atoms with Crippen LogP contribution in [0.15, 0.2) is 27.4 Å². The van der Waals surface area contributed by atoms with Crippen LogP contribution in [0.1, 0.15) is 0 Å². The van der Waals surface area contributed by atoms with E-state index in [1.165, 1.54) is 49.8 Å². The maximum atomic E-state index is 13.4. The zero-order chi connectivity index (χ0) is 22.7. The van der Waals surface area contributed by atoms with Crippen molar-refractivity contribution in [2.75, 3.05) is 49.8 Å². The second-order valence-corrected chi connectivity index (χ2v) is 6.22. The van der Waals surface area contributed by atoms with E-state index in [0.29, 0.717) is 28.6 Å². The van der Waals surface area contributed by atoms with Crippen molar-refractivity contribution in [3.8, 4) is 51.6 Å². The summed E-state index contributed by atoms with van der Waals surface area (Å²) in [5.41, 5.74) is 0.199. The third-order valence-electron chi connectivity index (χ3n) is 4.80. The molecule has 0 unspecified atom stereocenters. The van der Waals surface area contributed by atoms with Gasteiger partial charge in [-0.2, -0.15) is 0 Å². The Hall–Kier alpha value is -3.75. The van der Waals surface area contributed by atoms with Gasteiger partial charge in [0.05, 0.1) is 55.3 Å². The summed E-state index contributed by atoms with van der Waals surface area (Å²) in [4.78, 5) is 13.4. The molecule has 3 rings (SSSR count). The number of benzene rings is 2. The molecule has 166 valence electrons. The van der Waals surface area contributed by atoms with Crippen molar-refractivity contribution in [1.82, 2.24) is 0 Å². The van der Waals surface area contributed by atoms with Gasteiger partial charge in [0, 0.05) is 12.1 Å². The average Bonchev–Trinajstić information content (AvgIpc) is 2.81. The molecule has 0 radical (unpaired) electrons. The molecule has 0 saturated carbocycles. The highest BCUT2D eigenvalue weighted by Crippen LogP contribution is 2.47. The predicted octanol–water partition coefficient (Wildman–Crippen LogP) is 3.52. The lowest BCUT2D eigenvalue weighted by molar-refractivity contribution is 0.325. The lowest BCUT2D eigenvalue weighted by atomic mass is 10.1. The van der Waals surface area contributed by atoms with E-state index in [1.54, 1.807) is 18.2 Å². The predicted molar refractivity (Wildman–Crippen MR) is 114 cm³/mol. The molecular weight excluding hydrogens is 408 g/mol. The Morgan fingerprint density at radius 3 is 1.65 bits per heavy atom. The lowest BCUT2D eigenvalue weighted by Crippen LogP contribution is -2.10. The van der Waals surface area contributed by atoms with Gasteiger partial charge in [-0.1, -0.05) is 0 Å². The van der Waals surface area contributed by atoms with Crippen LogP contribution in [-0.4, -0.2) is 49.8 Å². The molecule has 3 aromatic rings. The van der Waals surface area contributed by atoms with Crippen molar-refractivity contribution in [2.45, 2.75) is 0 Å². The standard InChI is InChI=1S/C22H24O9/c1-24-12-9-14(26-3)13(25-2)8-11(12)19-22(30-7)18(23)17-15(31-19)10-16(27-4)20(28-5)21(17)29-6/h8-10H,1-7H3. The van der Waals surface area contributed by atoms with Crippen LogP contribution in [0.5, 0.6) is 40.2 Å². The van der Waals surface area contributed by atoms with Crippen LogP contribution in [0.2, 0.25) is 0 Å². The molecule has 1 heterocycles. The van der Waals surface area contributed by atoms with E-state index < -0.39 is 5.43 Å². The first-order valence-electron chi connectivity index (χ1n) is 9.13. The summed E-state index contributed by atoms with van der Waals surface area (Å²) in [7, 11) is 10.2. The van der Waals surface area contributed by atoms with E-state index >= 15 is 0 Å². The molecule has 0 N–H and O–H groups in total. The Kier molecular flexibility index (Phi) is 6.33.